The van der Waals surface area contributed by atoms with Gasteiger partial charge in [-0.1, -0.05) is 36.4 Å². The van der Waals surface area contributed by atoms with E-state index >= 15 is 0 Å². The lowest BCUT2D eigenvalue weighted by atomic mass is 10.1. The molecule has 0 radical (unpaired) electrons. The highest BCUT2D eigenvalue weighted by atomic mass is 16.6. The third-order valence-electron chi connectivity index (χ3n) is 4.66. The minimum Gasteiger partial charge on any atom is -0.457 e. The molecular weight excluding hydrogens is 388 g/mol. The lowest BCUT2D eigenvalue weighted by Gasteiger charge is -2.14. The summed E-state index contributed by atoms with van der Waals surface area (Å²) in [5.41, 5.74) is 0.608. The highest BCUT2D eigenvalue weighted by Gasteiger charge is 2.41. The van der Waals surface area contributed by atoms with Crippen molar-refractivity contribution < 1.29 is 24.0 Å². The molecule has 4 rings (SSSR count). The van der Waals surface area contributed by atoms with E-state index in [0.717, 1.165) is 10.5 Å². The maximum atomic E-state index is 12.7. The molecule has 1 aliphatic heterocycles. The molecule has 0 unspecified atom stereocenters. The second kappa shape index (κ2) is 7.59. The Labute approximate surface area is 170 Å². The molecule has 0 fully saturated rings. The molecule has 0 aliphatic carbocycles. The molecule has 3 aromatic carbocycles. The van der Waals surface area contributed by atoms with E-state index in [1.54, 1.807) is 0 Å². The predicted octanol–water partition coefficient (Wildman–Crippen LogP) is 3.75. The number of fused-ring (bicyclic) bond motifs is 1. The van der Waals surface area contributed by atoms with Gasteiger partial charge in [-0.25, -0.2) is 9.69 Å². The molecule has 0 spiro atoms. The van der Waals surface area contributed by atoms with Gasteiger partial charge in [0.1, 0.15) is 12.2 Å². The third-order valence-corrected chi connectivity index (χ3v) is 4.66. The van der Waals surface area contributed by atoms with Crippen LogP contribution in [0.1, 0.15) is 36.6 Å². The van der Waals surface area contributed by atoms with Crippen LogP contribution in [-0.4, -0.2) is 22.7 Å². The van der Waals surface area contributed by atoms with E-state index in [4.69, 9.17) is 4.74 Å². The number of ether oxygens (including phenoxy) is 1. The number of esters is 1. The zero-order chi connectivity index (χ0) is 21.3. The number of nitrogens with zero attached hydrogens (tertiary/aromatic N) is 2. The van der Waals surface area contributed by atoms with Crippen molar-refractivity contribution in [3.05, 3.63) is 105 Å². The van der Waals surface area contributed by atoms with Gasteiger partial charge < -0.3 is 4.74 Å². The summed E-state index contributed by atoms with van der Waals surface area (Å²) in [5.74, 6) is -1.98. The smallest absolute Gasteiger partial charge is 0.338 e. The Morgan fingerprint density at radius 2 is 1.60 bits per heavy atom. The molecule has 0 saturated carbocycles. The lowest BCUT2D eigenvalue weighted by molar-refractivity contribution is -0.385. The molecule has 1 heterocycles. The summed E-state index contributed by atoms with van der Waals surface area (Å²) in [6.07, 6.45) is 0. The van der Waals surface area contributed by atoms with Gasteiger partial charge in [-0.05, 0) is 35.9 Å². The standard InChI is InChI=1S/C22H14N2O6/c25-20-17-7-4-8-18(24(28)29)19(17)21(26)23(20)16-11-9-15(10-12-16)22(27)30-13-14-5-2-1-3-6-14/h1-12H,13H2. The van der Waals surface area contributed by atoms with Crippen LogP contribution in [0.3, 0.4) is 0 Å². The fourth-order valence-corrected chi connectivity index (χ4v) is 3.21. The first-order valence-corrected chi connectivity index (χ1v) is 8.94. The summed E-state index contributed by atoms with van der Waals surface area (Å²) in [5, 5.41) is 11.2. The van der Waals surface area contributed by atoms with Gasteiger partial charge in [0, 0.05) is 6.07 Å². The summed E-state index contributed by atoms with van der Waals surface area (Å²) >= 11 is 0. The minimum absolute atomic E-state index is 0.0273. The number of carbonyl (C=O) groups excluding carboxylic acids is 3. The highest BCUT2D eigenvalue weighted by Crippen LogP contribution is 2.33. The van der Waals surface area contributed by atoms with Crippen molar-refractivity contribution in [2.45, 2.75) is 6.61 Å². The molecule has 3 aromatic rings. The van der Waals surface area contributed by atoms with Crippen LogP contribution in [0.4, 0.5) is 11.4 Å². The summed E-state index contributed by atoms with van der Waals surface area (Å²) in [7, 11) is 0. The third kappa shape index (κ3) is 3.30. The van der Waals surface area contributed by atoms with E-state index in [-0.39, 0.29) is 29.0 Å². The first-order valence-electron chi connectivity index (χ1n) is 8.94. The number of hydrogen-bond donors (Lipinski definition) is 0. The number of hydrogen-bond acceptors (Lipinski definition) is 6. The van der Waals surface area contributed by atoms with E-state index in [1.165, 1.54) is 42.5 Å². The topological polar surface area (TPSA) is 107 Å². The molecule has 0 atom stereocenters. The van der Waals surface area contributed by atoms with Crippen LogP contribution in [0.25, 0.3) is 0 Å². The van der Waals surface area contributed by atoms with Crippen LogP contribution in [0.15, 0.2) is 72.8 Å². The maximum Gasteiger partial charge on any atom is 0.338 e. The van der Waals surface area contributed by atoms with Gasteiger partial charge in [0.05, 0.1) is 21.7 Å². The number of amides is 2. The quantitative estimate of drug-likeness (QED) is 0.278. The number of benzene rings is 3. The van der Waals surface area contributed by atoms with E-state index in [0.29, 0.717) is 0 Å². The fourth-order valence-electron chi connectivity index (χ4n) is 3.21. The Kier molecular flexibility index (Phi) is 4.81. The van der Waals surface area contributed by atoms with Gasteiger partial charge in [-0.15, -0.1) is 0 Å². The Morgan fingerprint density at radius 3 is 2.27 bits per heavy atom. The van der Waals surface area contributed by atoms with Crippen molar-refractivity contribution in [2.75, 3.05) is 4.90 Å². The van der Waals surface area contributed by atoms with Crippen molar-refractivity contribution in [1.82, 2.24) is 0 Å². The second-order valence-electron chi connectivity index (χ2n) is 6.51. The van der Waals surface area contributed by atoms with Crippen LogP contribution in [0.5, 0.6) is 0 Å². The molecule has 0 saturated heterocycles. The van der Waals surface area contributed by atoms with Crippen molar-refractivity contribution in [3.63, 3.8) is 0 Å². The first kappa shape index (κ1) is 19.0. The van der Waals surface area contributed by atoms with E-state index in [2.05, 4.69) is 0 Å². The van der Waals surface area contributed by atoms with Gasteiger partial charge in [0.2, 0.25) is 0 Å². The van der Waals surface area contributed by atoms with Crippen molar-refractivity contribution in [2.24, 2.45) is 0 Å². The largest absolute Gasteiger partial charge is 0.457 e. The Hall–Kier alpha value is -4.33. The van der Waals surface area contributed by atoms with Crippen molar-refractivity contribution in [3.8, 4) is 0 Å². The van der Waals surface area contributed by atoms with Gasteiger partial charge in [-0.3, -0.25) is 19.7 Å². The highest BCUT2D eigenvalue weighted by molar-refractivity contribution is 6.35. The number of nitro benzene ring substituents is 1. The van der Waals surface area contributed by atoms with E-state index < -0.39 is 28.4 Å². The van der Waals surface area contributed by atoms with Gasteiger partial charge in [0.25, 0.3) is 17.5 Å². The molecule has 8 nitrogen and oxygen atoms in total. The average molecular weight is 402 g/mol. The molecule has 0 N–H and O–H groups in total. The SMILES string of the molecule is O=C(OCc1ccccc1)c1ccc(N2C(=O)c3cccc([N+](=O)[O-])c3C2=O)cc1. The number of anilines is 1. The Morgan fingerprint density at radius 1 is 0.900 bits per heavy atom. The number of carbonyl (C=O) groups is 3. The minimum atomic E-state index is -0.776. The fraction of sp³-hybridized carbons (Fsp3) is 0.0455. The van der Waals surface area contributed by atoms with E-state index in [1.807, 2.05) is 30.3 Å². The normalized spacial score (nSPS) is 12.6. The predicted molar refractivity (Wildman–Crippen MR) is 106 cm³/mol. The van der Waals surface area contributed by atoms with Crippen LogP contribution in [0.2, 0.25) is 0 Å². The molecule has 148 valence electrons. The summed E-state index contributed by atoms with van der Waals surface area (Å²) in [6.45, 7) is 0.115. The lowest BCUT2D eigenvalue weighted by Crippen LogP contribution is -2.29. The van der Waals surface area contributed by atoms with Crippen LogP contribution in [0, 0.1) is 10.1 Å². The maximum absolute atomic E-state index is 12.7. The monoisotopic (exact) mass is 402 g/mol. The summed E-state index contributed by atoms with van der Waals surface area (Å²) < 4.78 is 5.25. The zero-order valence-electron chi connectivity index (χ0n) is 15.5. The summed E-state index contributed by atoms with van der Waals surface area (Å²) in [4.78, 5) is 49.0. The number of imide groups is 1. The molecule has 0 bridgehead atoms. The molecular formula is C22H14N2O6. The Balaban J connectivity index is 1.54. The number of nitro groups is 1. The average Bonchev–Trinajstić information content (AvgIpc) is 3.03. The van der Waals surface area contributed by atoms with Crippen molar-refractivity contribution in [1.29, 1.82) is 0 Å². The van der Waals surface area contributed by atoms with Gasteiger partial charge >= 0.3 is 5.97 Å². The zero-order valence-corrected chi connectivity index (χ0v) is 15.5. The van der Waals surface area contributed by atoms with E-state index in [9.17, 15) is 24.5 Å². The van der Waals surface area contributed by atoms with Crippen molar-refractivity contribution >= 4 is 29.2 Å². The summed E-state index contributed by atoms with van der Waals surface area (Å²) in [6, 6.07) is 18.8. The molecule has 1 aliphatic rings. The van der Waals surface area contributed by atoms with Crippen LogP contribution >= 0.6 is 0 Å². The molecule has 8 heteroatoms. The molecule has 2 amide bonds. The first-order chi connectivity index (χ1) is 14.5. The second-order valence-corrected chi connectivity index (χ2v) is 6.51. The van der Waals surface area contributed by atoms with Gasteiger partial charge in [-0.2, -0.15) is 0 Å². The van der Waals surface area contributed by atoms with Crippen LogP contribution in [-0.2, 0) is 11.3 Å². The van der Waals surface area contributed by atoms with Crippen LogP contribution < -0.4 is 4.90 Å². The molecule has 0 aromatic heterocycles. The number of rotatable bonds is 5. The van der Waals surface area contributed by atoms with Gasteiger partial charge in [0.15, 0.2) is 0 Å². The molecule has 30 heavy (non-hydrogen) atoms. The Bertz CT molecular complexity index is 1170.